The summed E-state index contributed by atoms with van der Waals surface area (Å²) in [5.74, 6) is -3.49. The molecule has 0 aliphatic heterocycles. The number of esters is 2. The molecule has 34 heavy (non-hydrogen) atoms. The second-order valence-corrected chi connectivity index (χ2v) is 10.8. The van der Waals surface area contributed by atoms with Gasteiger partial charge in [0, 0.05) is 13.3 Å². The Balaban J connectivity index is 2.08. The van der Waals surface area contributed by atoms with Crippen molar-refractivity contribution in [2.24, 2.45) is 29.1 Å². The van der Waals surface area contributed by atoms with Crippen LogP contribution in [0.4, 0.5) is 0 Å². The van der Waals surface area contributed by atoms with Gasteiger partial charge in [-0.1, -0.05) is 32.9 Å². The molecule has 0 radical (unpaired) electrons. The van der Waals surface area contributed by atoms with Crippen LogP contribution in [0.3, 0.4) is 0 Å². The minimum Gasteiger partial charge on any atom is -0.481 e. The molecule has 2 N–H and O–H groups in total. The molecule has 7 atom stereocenters. The molecule has 3 unspecified atom stereocenters. The van der Waals surface area contributed by atoms with Crippen molar-refractivity contribution in [1.29, 1.82) is 0 Å². The van der Waals surface area contributed by atoms with Gasteiger partial charge in [-0.25, -0.2) is 0 Å². The number of Topliss-reactive ketones (excluding diaryl/α,β-unsaturated/α-hetero) is 1. The number of carboxylic acids is 1. The molecule has 3 rings (SSSR count). The van der Waals surface area contributed by atoms with E-state index in [-0.39, 0.29) is 48.2 Å². The smallest absolute Gasteiger partial charge is 0.306 e. The Morgan fingerprint density at radius 1 is 1.12 bits per heavy atom. The topological polar surface area (TPSA) is 127 Å². The number of fused-ring (bicyclic) bond motifs is 2. The number of rotatable bonds is 5. The summed E-state index contributed by atoms with van der Waals surface area (Å²) in [5, 5.41) is 19.9. The van der Waals surface area contributed by atoms with Crippen molar-refractivity contribution >= 4 is 23.7 Å². The van der Waals surface area contributed by atoms with Gasteiger partial charge in [0.1, 0.15) is 6.10 Å². The molecule has 0 amide bonds. The van der Waals surface area contributed by atoms with Crippen molar-refractivity contribution in [3.05, 3.63) is 23.3 Å². The molecule has 8 heteroatoms. The van der Waals surface area contributed by atoms with E-state index in [0.717, 1.165) is 0 Å². The quantitative estimate of drug-likeness (QED) is 0.457. The molecule has 188 valence electrons. The Morgan fingerprint density at radius 3 is 2.35 bits per heavy atom. The summed E-state index contributed by atoms with van der Waals surface area (Å²) < 4.78 is 11.5. The molecule has 0 heterocycles. The number of carbonyl (C=O) groups excluding carboxylic acids is 3. The van der Waals surface area contributed by atoms with Crippen LogP contribution in [0.2, 0.25) is 0 Å². The van der Waals surface area contributed by atoms with Crippen molar-refractivity contribution in [3.63, 3.8) is 0 Å². The van der Waals surface area contributed by atoms with Crippen molar-refractivity contribution in [2.45, 2.75) is 85.0 Å². The fourth-order valence-corrected chi connectivity index (χ4v) is 5.88. The maximum absolute atomic E-state index is 13.8. The summed E-state index contributed by atoms with van der Waals surface area (Å²) in [6.45, 7) is 10.8. The van der Waals surface area contributed by atoms with Gasteiger partial charge in [0.15, 0.2) is 5.60 Å². The summed E-state index contributed by atoms with van der Waals surface area (Å²) in [6.07, 6.45) is 2.20. The van der Waals surface area contributed by atoms with E-state index in [2.05, 4.69) is 13.8 Å². The van der Waals surface area contributed by atoms with E-state index in [1.54, 1.807) is 19.9 Å². The van der Waals surface area contributed by atoms with Crippen LogP contribution in [0.15, 0.2) is 23.3 Å². The second kappa shape index (κ2) is 9.29. The van der Waals surface area contributed by atoms with E-state index in [4.69, 9.17) is 14.6 Å². The minimum atomic E-state index is -1.54. The van der Waals surface area contributed by atoms with Crippen LogP contribution >= 0.6 is 0 Å². The monoisotopic (exact) mass is 476 g/mol. The molecular weight excluding hydrogens is 440 g/mol. The number of aliphatic hydroxyl groups is 1. The molecule has 3 aliphatic rings. The van der Waals surface area contributed by atoms with Crippen LogP contribution in [-0.2, 0) is 28.7 Å². The SMILES string of the molecule is CC(=O)O[C@]12C[C@@H](C)[C@H](O)C1/C=C(\C)[C@H](OC(=O)CCC(=O)O)CC1C(/C=C(\C)C2=O)C1(C)C. The Bertz CT molecular complexity index is 944. The average molecular weight is 477 g/mol. The van der Waals surface area contributed by atoms with Gasteiger partial charge in [0.2, 0.25) is 5.78 Å². The number of carbonyl (C=O) groups is 4. The third-order valence-corrected chi connectivity index (χ3v) is 7.99. The minimum absolute atomic E-state index is 0.0687. The van der Waals surface area contributed by atoms with Gasteiger partial charge in [-0.2, -0.15) is 0 Å². The summed E-state index contributed by atoms with van der Waals surface area (Å²) in [4.78, 5) is 49.2. The summed E-state index contributed by atoms with van der Waals surface area (Å²) in [6, 6.07) is 0. The van der Waals surface area contributed by atoms with Crippen LogP contribution in [0.25, 0.3) is 0 Å². The highest BCUT2D eigenvalue weighted by atomic mass is 16.6. The van der Waals surface area contributed by atoms with Crippen LogP contribution in [0, 0.1) is 29.1 Å². The largest absolute Gasteiger partial charge is 0.481 e. The zero-order valence-corrected chi connectivity index (χ0v) is 20.8. The zero-order chi connectivity index (χ0) is 25.6. The molecule has 0 aromatic carbocycles. The third-order valence-electron chi connectivity index (χ3n) is 7.99. The first-order valence-corrected chi connectivity index (χ1v) is 11.9. The molecule has 3 aliphatic carbocycles. The highest BCUT2D eigenvalue weighted by molar-refractivity contribution is 6.03. The highest BCUT2D eigenvalue weighted by Gasteiger charge is 2.61. The highest BCUT2D eigenvalue weighted by Crippen LogP contribution is 2.62. The van der Waals surface area contributed by atoms with Gasteiger partial charge in [0.25, 0.3) is 0 Å². The fraction of sp³-hybridized carbons (Fsp3) is 0.692. The maximum atomic E-state index is 13.8. The van der Waals surface area contributed by atoms with Crippen molar-refractivity contribution in [3.8, 4) is 0 Å². The number of aliphatic hydroxyl groups excluding tert-OH is 1. The molecule has 0 aromatic heterocycles. The number of hydrogen-bond acceptors (Lipinski definition) is 7. The van der Waals surface area contributed by atoms with Crippen LogP contribution < -0.4 is 0 Å². The van der Waals surface area contributed by atoms with Gasteiger partial charge < -0.3 is 19.7 Å². The van der Waals surface area contributed by atoms with E-state index in [1.807, 2.05) is 13.0 Å². The first kappa shape index (κ1) is 26.1. The standard InChI is InChI=1S/C26H36O8/c1-13-9-19-23(31)15(3)12-26(19,34-16(4)27)24(32)14(2)10-17-18(25(17,5)6)11-20(13)33-22(30)8-7-21(28)29/h9-10,15,17-20,23,31H,7-8,11-12H2,1-6H3,(H,28,29)/b13-9+,14-10+/t15-,17?,18?,19?,20-,23+,26-/m1/s1. The number of allylic oxidation sites excluding steroid dienone is 1. The zero-order valence-electron chi connectivity index (χ0n) is 20.8. The number of hydrogen-bond donors (Lipinski definition) is 2. The Kier molecular flexibility index (Phi) is 7.14. The lowest BCUT2D eigenvalue weighted by Gasteiger charge is -2.34. The average Bonchev–Trinajstić information content (AvgIpc) is 3.14. The van der Waals surface area contributed by atoms with Gasteiger partial charge in [0.05, 0.1) is 24.9 Å². The van der Waals surface area contributed by atoms with Crippen molar-refractivity contribution in [1.82, 2.24) is 0 Å². The number of carboxylic acid groups (broad SMARTS) is 1. The summed E-state index contributed by atoms with van der Waals surface area (Å²) in [7, 11) is 0. The van der Waals surface area contributed by atoms with Crippen LogP contribution in [-0.4, -0.2) is 51.7 Å². The van der Waals surface area contributed by atoms with E-state index in [9.17, 15) is 24.3 Å². The molecule has 8 nitrogen and oxygen atoms in total. The van der Waals surface area contributed by atoms with E-state index in [1.165, 1.54) is 6.92 Å². The predicted octanol–water partition coefficient (Wildman–Crippen LogP) is 3.22. The number of ether oxygens (including phenoxy) is 2. The molecule has 2 fully saturated rings. The Labute approximate surface area is 200 Å². The summed E-state index contributed by atoms with van der Waals surface area (Å²) in [5.41, 5.74) is -0.518. The molecule has 2 saturated carbocycles. The van der Waals surface area contributed by atoms with Gasteiger partial charge in [-0.15, -0.1) is 0 Å². The van der Waals surface area contributed by atoms with E-state index in [0.29, 0.717) is 17.6 Å². The lowest BCUT2D eigenvalue weighted by Crippen LogP contribution is -2.48. The molecule has 0 aromatic rings. The normalized spacial score (nSPS) is 39.8. The van der Waals surface area contributed by atoms with Crippen LogP contribution in [0.1, 0.15) is 67.2 Å². The molecular formula is C26H36O8. The van der Waals surface area contributed by atoms with E-state index < -0.39 is 41.6 Å². The first-order chi connectivity index (χ1) is 15.7. The lowest BCUT2D eigenvalue weighted by molar-refractivity contribution is -0.168. The van der Waals surface area contributed by atoms with Gasteiger partial charge in [-0.05, 0) is 54.6 Å². The van der Waals surface area contributed by atoms with Gasteiger partial charge >= 0.3 is 17.9 Å². The molecule has 0 bridgehead atoms. The second-order valence-electron chi connectivity index (χ2n) is 10.8. The third kappa shape index (κ3) is 4.83. The summed E-state index contributed by atoms with van der Waals surface area (Å²) >= 11 is 0. The van der Waals surface area contributed by atoms with Crippen LogP contribution in [0.5, 0.6) is 0 Å². The fourth-order valence-electron chi connectivity index (χ4n) is 5.88. The lowest BCUT2D eigenvalue weighted by atomic mass is 9.80. The predicted molar refractivity (Wildman–Crippen MR) is 122 cm³/mol. The first-order valence-electron chi connectivity index (χ1n) is 11.9. The van der Waals surface area contributed by atoms with Crippen molar-refractivity contribution < 1.29 is 38.9 Å². The Morgan fingerprint density at radius 2 is 1.76 bits per heavy atom. The molecule has 0 spiro atoms. The number of aliphatic carboxylic acids is 1. The maximum Gasteiger partial charge on any atom is 0.306 e. The van der Waals surface area contributed by atoms with E-state index >= 15 is 0 Å². The van der Waals surface area contributed by atoms with Gasteiger partial charge in [-0.3, -0.25) is 19.2 Å². The Hall–Kier alpha value is -2.48. The van der Waals surface area contributed by atoms with Crippen molar-refractivity contribution in [2.75, 3.05) is 0 Å². The molecule has 0 saturated heterocycles. The number of ketones is 1.